The van der Waals surface area contributed by atoms with E-state index in [1.165, 1.54) is 5.56 Å². The number of phenols is 1. The summed E-state index contributed by atoms with van der Waals surface area (Å²) in [5.74, 6) is -1.79. The van der Waals surface area contributed by atoms with E-state index in [1.54, 1.807) is 44.2 Å². The van der Waals surface area contributed by atoms with Gasteiger partial charge in [-0.15, -0.1) is 0 Å². The summed E-state index contributed by atoms with van der Waals surface area (Å²) in [5, 5.41) is 26.8. The fourth-order valence-corrected chi connectivity index (χ4v) is 12.7. The maximum absolute atomic E-state index is 14.6. The molecule has 0 aromatic heterocycles. The summed E-state index contributed by atoms with van der Waals surface area (Å²) < 4.78 is 5.36. The second-order valence-electron chi connectivity index (χ2n) is 22.0. The Morgan fingerprint density at radius 3 is 1.88 bits per heavy atom. The van der Waals surface area contributed by atoms with E-state index in [0.717, 1.165) is 68.1 Å². The quantitative estimate of drug-likeness (QED) is 0.0557. The molecule has 17 heteroatoms. The number of imide groups is 1. The molecule has 0 spiro atoms. The van der Waals surface area contributed by atoms with Crippen LogP contribution in [0.3, 0.4) is 0 Å². The molecule has 17 nitrogen and oxygen atoms in total. The van der Waals surface area contributed by atoms with Crippen LogP contribution in [0.1, 0.15) is 134 Å². The molecule has 3 aromatic carbocycles. The Bertz CT molecular complexity index is 2570. The number of alkyl carbamates (subject to hydrolysis) is 1. The number of aryl methyl sites for hydroxylation is 2. The predicted molar refractivity (Wildman–Crippen MR) is 273 cm³/mol. The number of rotatable bonds is 16. The Morgan fingerprint density at radius 1 is 0.722 bits per heavy atom. The summed E-state index contributed by atoms with van der Waals surface area (Å²) in [5.41, 5.74) is 15.1. The zero-order valence-electron chi connectivity index (χ0n) is 42.6. The van der Waals surface area contributed by atoms with Crippen molar-refractivity contribution in [2.24, 2.45) is 40.1 Å². The number of nitrogens with two attached hydrogens (primary N) is 2. The van der Waals surface area contributed by atoms with Crippen LogP contribution >= 0.6 is 0 Å². The number of carbonyl (C=O) groups excluding carboxylic acids is 7. The van der Waals surface area contributed by atoms with Crippen LogP contribution in [-0.2, 0) is 59.0 Å². The molecule has 72 heavy (non-hydrogen) atoms. The molecule has 0 radical (unpaired) electrons. The molecule has 4 aliphatic rings. The van der Waals surface area contributed by atoms with E-state index >= 15 is 0 Å². The number of benzene rings is 3. The van der Waals surface area contributed by atoms with Gasteiger partial charge in [0.2, 0.25) is 29.5 Å². The van der Waals surface area contributed by atoms with Crippen molar-refractivity contribution in [3.63, 3.8) is 0 Å². The van der Waals surface area contributed by atoms with Crippen molar-refractivity contribution < 1.29 is 43.4 Å². The summed E-state index contributed by atoms with van der Waals surface area (Å²) >= 11 is 0. The number of hydrogen-bond acceptors (Lipinski definition) is 10. The van der Waals surface area contributed by atoms with E-state index in [1.807, 2.05) is 44.2 Å². The van der Waals surface area contributed by atoms with Crippen LogP contribution in [0.5, 0.6) is 5.75 Å². The van der Waals surface area contributed by atoms with Crippen LogP contribution in [0.15, 0.2) is 60.7 Å². The van der Waals surface area contributed by atoms with Gasteiger partial charge in [-0.1, -0.05) is 78.6 Å². The number of anilines is 2. The predicted octanol–water partition coefficient (Wildman–Crippen LogP) is 6.48. The third kappa shape index (κ3) is 11.3. The van der Waals surface area contributed by atoms with Crippen LogP contribution in [0.2, 0.25) is 0 Å². The number of hydrogen-bond donors (Lipinski definition) is 9. The standard InChI is InChI=1S/C55H74N8O9/c1-32(2)45(56)47(67)62-41(10-7-27-58-50(57)70)46(66)61-36-17-11-33(12-18-36)31-72-51(71)59-30-44(65)60-37-19-13-34-15-21-42-52(3,39(34)28-37)23-8-25-54(42,5)48(68)63-49(69)55(6)26-9-24-53(4)40-29-38(64)20-14-35(40)16-22-43(53)55/h11-14,17-20,28-29,32,41-43,45,64H,7-10,15-16,21-27,30-31,56H2,1-6H3,(H,59,71)(H,60,65)(H,61,66)(H,62,67)(H3,57,58,70)(H,63,68,69)/t41-,42+,43+,45-,52+,53+,54-,55-/m0/s1. The van der Waals surface area contributed by atoms with Gasteiger partial charge in [0.15, 0.2) is 0 Å². The van der Waals surface area contributed by atoms with Crippen molar-refractivity contribution in [1.29, 1.82) is 0 Å². The number of nitrogens with one attached hydrogen (secondary N) is 6. The number of primary amides is 1. The molecule has 7 rings (SSSR count). The highest BCUT2D eigenvalue weighted by Crippen LogP contribution is 2.60. The lowest BCUT2D eigenvalue weighted by Crippen LogP contribution is -2.60. The van der Waals surface area contributed by atoms with Gasteiger partial charge in [0.05, 0.1) is 16.9 Å². The fraction of sp³-hybridized carbons (Fsp3) is 0.545. The zero-order chi connectivity index (χ0) is 52.2. The number of amides is 8. The fourth-order valence-electron chi connectivity index (χ4n) is 12.7. The molecule has 11 N–H and O–H groups in total. The van der Waals surface area contributed by atoms with E-state index in [-0.39, 0.29) is 66.8 Å². The van der Waals surface area contributed by atoms with Gasteiger partial charge in [-0.25, -0.2) is 9.59 Å². The van der Waals surface area contributed by atoms with Gasteiger partial charge >= 0.3 is 12.1 Å². The minimum absolute atomic E-state index is 0.0198. The first-order valence-electron chi connectivity index (χ1n) is 25.6. The summed E-state index contributed by atoms with van der Waals surface area (Å²) in [4.78, 5) is 92.0. The smallest absolute Gasteiger partial charge is 0.407 e. The third-order valence-corrected chi connectivity index (χ3v) is 16.9. The van der Waals surface area contributed by atoms with Crippen LogP contribution < -0.4 is 43.4 Å². The first-order valence-corrected chi connectivity index (χ1v) is 25.6. The lowest BCUT2D eigenvalue weighted by atomic mass is 9.49. The van der Waals surface area contributed by atoms with E-state index in [4.69, 9.17) is 16.2 Å². The number of fused-ring (bicyclic) bond motifs is 6. The van der Waals surface area contributed by atoms with Crippen molar-refractivity contribution in [2.75, 3.05) is 23.7 Å². The average Bonchev–Trinajstić information content (AvgIpc) is 3.33. The minimum atomic E-state index is -0.931. The van der Waals surface area contributed by atoms with Crippen molar-refractivity contribution in [3.05, 3.63) is 88.5 Å². The van der Waals surface area contributed by atoms with Crippen LogP contribution in [0, 0.1) is 28.6 Å². The molecule has 8 amide bonds. The molecule has 0 unspecified atom stereocenters. The number of carbonyl (C=O) groups is 7. The molecule has 8 atom stereocenters. The molecular weight excluding hydrogens is 917 g/mol. The van der Waals surface area contributed by atoms with Gasteiger partial charge in [-0.3, -0.25) is 29.3 Å². The van der Waals surface area contributed by atoms with Crippen molar-refractivity contribution in [3.8, 4) is 5.75 Å². The first kappa shape index (κ1) is 53.3. The molecule has 2 fully saturated rings. The average molecular weight is 991 g/mol. The van der Waals surface area contributed by atoms with Gasteiger partial charge in [0.25, 0.3) is 0 Å². The normalized spacial score (nSPS) is 25.9. The van der Waals surface area contributed by atoms with Gasteiger partial charge < -0.3 is 47.9 Å². The van der Waals surface area contributed by atoms with E-state index in [2.05, 4.69) is 45.7 Å². The molecule has 2 saturated carbocycles. The lowest BCUT2D eigenvalue weighted by molar-refractivity contribution is -0.150. The topological polar surface area (TPSA) is 273 Å². The number of aromatic hydroxyl groups is 1. The molecule has 3 aromatic rings. The summed E-state index contributed by atoms with van der Waals surface area (Å²) in [6.45, 7) is 11.8. The number of phenolic OH excluding ortho intramolecular Hbond substituents is 1. The molecule has 0 aliphatic heterocycles. The first-order chi connectivity index (χ1) is 34.1. The summed E-state index contributed by atoms with van der Waals surface area (Å²) in [7, 11) is 0. The highest BCUT2D eigenvalue weighted by atomic mass is 16.5. The minimum Gasteiger partial charge on any atom is -0.508 e. The van der Waals surface area contributed by atoms with Crippen molar-refractivity contribution >= 4 is 53.0 Å². The number of ether oxygens (including phenoxy) is 1. The zero-order valence-corrected chi connectivity index (χ0v) is 42.6. The highest BCUT2D eigenvalue weighted by molar-refractivity contribution is 6.01. The Balaban J connectivity index is 0.911. The Labute approximate surface area is 422 Å². The van der Waals surface area contributed by atoms with Gasteiger partial charge in [0, 0.05) is 17.9 Å². The SMILES string of the molecule is CC(C)[C@H](N)C(=O)N[C@@H](CCCNC(N)=O)C(=O)Nc1ccc(COC(=O)NCC(=O)Nc2ccc3c(c2)[C@@]2(C)CCC[C@](C)(C(=O)NC(=O)[C@@]4(C)CCC[C@]5(C)c6cc(O)ccc6CC[C@@H]45)[C@@H]2CC3)cc1. The second-order valence-corrected chi connectivity index (χ2v) is 22.0. The van der Waals surface area contributed by atoms with Crippen LogP contribution in [0.4, 0.5) is 21.0 Å². The van der Waals surface area contributed by atoms with Crippen LogP contribution in [0.25, 0.3) is 0 Å². The van der Waals surface area contributed by atoms with Gasteiger partial charge in [-0.05, 0) is 157 Å². The molecule has 0 heterocycles. The maximum Gasteiger partial charge on any atom is 0.407 e. The van der Waals surface area contributed by atoms with Gasteiger partial charge in [0.1, 0.15) is 24.9 Å². The largest absolute Gasteiger partial charge is 0.508 e. The molecule has 4 aliphatic carbocycles. The van der Waals surface area contributed by atoms with Gasteiger partial charge in [-0.2, -0.15) is 0 Å². The number of urea groups is 1. The summed E-state index contributed by atoms with van der Waals surface area (Å²) in [6.07, 6.45) is 7.74. The molecular formula is C55H74N8O9. The Kier molecular flexibility index (Phi) is 16.1. The summed E-state index contributed by atoms with van der Waals surface area (Å²) in [6, 6.07) is 15.6. The van der Waals surface area contributed by atoms with Crippen molar-refractivity contribution in [1.82, 2.24) is 21.3 Å². The monoisotopic (exact) mass is 991 g/mol. The Morgan fingerprint density at radius 2 is 1.29 bits per heavy atom. The van der Waals surface area contributed by atoms with E-state index in [9.17, 15) is 38.7 Å². The highest BCUT2D eigenvalue weighted by Gasteiger charge is 2.58. The Hall–Kier alpha value is -6.49. The van der Waals surface area contributed by atoms with Crippen LogP contribution in [-0.4, -0.2) is 71.9 Å². The second kappa shape index (κ2) is 21.7. The molecule has 0 bridgehead atoms. The molecule has 0 saturated heterocycles. The maximum atomic E-state index is 14.6. The molecule has 388 valence electrons. The van der Waals surface area contributed by atoms with Crippen molar-refractivity contribution in [2.45, 2.75) is 148 Å². The van der Waals surface area contributed by atoms with E-state index in [0.29, 0.717) is 36.2 Å². The third-order valence-electron chi connectivity index (χ3n) is 16.9. The van der Waals surface area contributed by atoms with E-state index < -0.39 is 58.2 Å². The lowest BCUT2D eigenvalue weighted by Gasteiger charge is -2.56.